The Balaban J connectivity index is 3.29. The van der Waals surface area contributed by atoms with Crippen molar-refractivity contribution in [3.8, 4) is 6.07 Å². The summed E-state index contributed by atoms with van der Waals surface area (Å²) < 4.78 is 4.02. The van der Waals surface area contributed by atoms with Gasteiger partial charge in [0.05, 0.1) is 12.1 Å². The Morgan fingerprint density at radius 2 is 2.30 bits per heavy atom. The lowest BCUT2D eigenvalue weighted by atomic mass is 10.1. The molecule has 1 rings (SSSR count). The third kappa shape index (κ3) is 2.78. The van der Waals surface area contributed by atoms with E-state index in [1.807, 2.05) is 0 Å². The van der Waals surface area contributed by atoms with Crippen LogP contribution in [0.3, 0.4) is 0 Å². The zero-order valence-electron chi connectivity index (χ0n) is 11.7. The number of guanidine groups is 1. The van der Waals surface area contributed by atoms with E-state index in [-0.39, 0.29) is 18.7 Å². The molecule has 1 saturated heterocycles. The number of quaternary nitrogens is 1. The van der Waals surface area contributed by atoms with Crippen LogP contribution in [0.2, 0.25) is 0 Å². The van der Waals surface area contributed by atoms with Crippen molar-refractivity contribution in [1.29, 1.82) is 10.7 Å². The number of amides is 2. The van der Waals surface area contributed by atoms with Crippen molar-refractivity contribution in [1.82, 2.24) is 5.32 Å². The van der Waals surface area contributed by atoms with Crippen molar-refractivity contribution in [3.63, 3.8) is 0 Å². The standard InChI is InChI=1S/C12H17N5O3/c1-4-20-9(18)8(5-13)6-17(10(14)15)7-12(2,3)16-11(17)19/h6H,4,7H2,1-3H3,(H3-,14,15,16,19)/p+1. The van der Waals surface area contributed by atoms with Crippen molar-refractivity contribution in [3.05, 3.63) is 11.8 Å². The maximum Gasteiger partial charge on any atom is 0.429 e. The highest BCUT2D eigenvalue weighted by molar-refractivity contribution is 5.94. The van der Waals surface area contributed by atoms with Gasteiger partial charge >= 0.3 is 18.0 Å². The summed E-state index contributed by atoms with van der Waals surface area (Å²) >= 11 is 0. The number of nitriles is 1. The monoisotopic (exact) mass is 280 g/mol. The average Bonchev–Trinajstić information content (AvgIpc) is 2.56. The summed E-state index contributed by atoms with van der Waals surface area (Å²) in [6.07, 6.45) is 1.07. The average molecular weight is 280 g/mol. The first-order valence-corrected chi connectivity index (χ1v) is 6.03. The smallest absolute Gasteiger partial charge is 0.429 e. The number of hydrogen-bond donors (Lipinski definition) is 3. The topological polar surface area (TPSA) is 129 Å². The van der Waals surface area contributed by atoms with Gasteiger partial charge in [0.1, 0.15) is 18.8 Å². The van der Waals surface area contributed by atoms with Crippen LogP contribution in [-0.2, 0) is 9.53 Å². The number of ether oxygens (including phenoxy) is 1. The zero-order chi connectivity index (χ0) is 15.6. The fourth-order valence-electron chi connectivity index (χ4n) is 2.05. The Morgan fingerprint density at radius 3 is 2.65 bits per heavy atom. The second-order valence-corrected chi connectivity index (χ2v) is 5.10. The molecule has 8 nitrogen and oxygen atoms in total. The molecule has 0 radical (unpaired) electrons. The summed E-state index contributed by atoms with van der Waals surface area (Å²) in [5, 5.41) is 19.3. The van der Waals surface area contributed by atoms with Crippen molar-refractivity contribution < 1.29 is 18.8 Å². The fraction of sp³-hybridized carbons (Fsp3) is 0.500. The zero-order valence-corrected chi connectivity index (χ0v) is 11.7. The van der Waals surface area contributed by atoms with Gasteiger partial charge in [-0.3, -0.25) is 5.32 Å². The van der Waals surface area contributed by atoms with Gasteiger partial charge in [-0.2, -0.15) is 5.26 Å². The Hall–Kier alpha value is -2.40. The molecule has 0 aromatic heterocycles. The summed E-state index contributed by atoms with van der Waals surface area (Å²) in [5.74, 6) is -1.31. The van der Waals surface area contributed by atoms with E-state index in [1.54, 1.807) is 26.8 Å². The Labute approximate surface area is 116 Å². The van der Waals surface area contributed by atoms with Gasteiger partial charge in [0, 0.05) is 0 Å². The van der Waals surface area contributed by atoms with Gasteiger partial charge in [-0.05, 0) is 20.8 Å². The van der Waals surface area contributed by atoms with E-state index in [0.29, 0.717) is 0 Å². The molecule has 0 aromatic carbocycles. The first-order valence-electron chi connectivity index (χ1n) is 6.03. The van der Waals surface area contributed by atoms with Gasteiger partial charge in [0.15, 0.2) is 5.57 Å². The number of nitrogens with zero attached hydrogens (tertiary/aromatic N) is 2. The minimum atomic E-state index is -0.841. The lowest BCUT2D eigenvalue weighted by Gasteiger charge is -2.23. The summed E-state index contributed by atoms with van der Waals surface area (Å²) in [6.45, 7) is 5.37. The van der Waals surface area contributed by atoms with E-state index >= 15 is 0 Å². The molecule has 0 aromatic rings. The number of nitrogens with one attached hydrogen (secondary N) is 2. The van der Waals surface area contributed by atoms with E-state index < -0.39 is 28.0 Å². The molecule has 108 valence electrons. The van der Waals surface area contributed by atoms with Crippen LogP contribution in [0.25, 0.3) is 0 Å². The second-order valence-electron chi connectivity index (χ2n) is 5.10. The van der Waals surface area contributed by atoms with Gasteiger partial charge in [0.25, 0.3) is 0 Å². The van der Waals surface area contributed by atoms with Crippen LogP contribution in [0.4, 0.5) is 4.79 Å². The molecule has 2 amide bonds. The Kier molecular flexibility index (Phi) is 4.15. The Morgan fingerprint density at radius 1 is 1.70 bits per heavy atom. The van der Waals surface area contributed by atoms with Gasteiger partial charge < -0.3 is 10.5 Å². The molecule has 0 bridgehead atoms. The minimum Gasteiger partial charge on any atom is -0.462 e. The van der Waals surface area contributed by atoms with Crippen LogP contribution in [-0.4, -0.2) is 41.1 Å². The first kappa shape index (κ1) is 15.7. The molecule has 0 saturated carbocycles. The van der Waals surface area contributed by atoms with Crippen LogP contribution < -0.4 is 11.1 Å². The van der Waals surface area contributed by atoms with Crippen molar-refractivity contribution in [2.45, 2.75) is 26.3 Å². The minimum absolute atomic E-state index is 0.107. The lowest BCUT2D eigenvalue weighted by molar-refractivity contribution is -0.695. The highest BCUT2D eigenvalue weighted by atomic mass is 16.5. The molecular formula is C12H18N5O3+. The number of urea groups is 1. The quantitative estimate of drug-likeness (QED) is 0.169. The number of hydrogen-bond acceptors (Lipinski definition) is 5. The van der Waals surface area contributed by atoms with Crippen molar-refractivity contribution in [2.75, 3.05) is 13.2 Å². The summed E-state index contributed by atoms with van der Waals surface area (Å²) in [7, 11) is 0. The predicted octanol–water partition coefficient (Wildman–Crippen LogP) is 0.169. The van der Waals surface area contributed by atoms with Crippen LogP contribution in [0, 0.1) is 16.7 Å². The molecule has 20 heavy (non-hydrogen) atoms. The molecule has 1 aliphatic heterocycles. The van der Waals surface area contributed by atoms with Crippen molar-refractivity contribution in [2.24, 2.45) is 5.73 Å². The molecule has 4 N–H and O–H groups in total. The van der Waals surface area contributed by atoms with E-state index in [1.165, 1.54) is 0 Å². The number of esters is 1. The van der Waals surface area contributed by atoms with E-state index in [2.05, 4.69) is 5.32 Å². The molecule has 1 aliphatic rings. The normalized spacial score (nSPS) is 24.7. The maximum atomic E-state index is 12.1. The largest absolute Gasteiger partial charge is 0.462 e. The van der Waals surface area contributed by atoms with E-state index in [9.17, 15) is 9.59 Å². The molecule has 1 heterocycles. The molecule has 0 spiro atoms. The predicted molar refractivity (Wildman–Crippen MR) is 70.0 cm³/mol. The fourth-order valence-corrected chi connectivity index (χ4v) is 2.05. The number of carbonyl (C=O) groups excluding carboxylic acids is 2. The number of nitrogens with two attached hydrogens (primary N) is 1. The van der Waals surface area contributed by atoms with E-state index in [4.69, 9.17) is 21.1 Å². The molecule has 1 unspecified atom stereocenters. The van der Waals surface area contributed by atoms with Crippen LogP contribution >= 0.6 is 0 Å². The van der Waals surface area contributed by atoms with Gasteiger partial charge in [-0.25, -0.2) is 15.0 Å². The van der Waals surface area contributed by atoms with Crippen LogP contribution in [0.1, 0.15) is 20.8 Å². The summed E-state index contributed by atoms with van der Waals surface area (Å²) in [4.78, 5) is 23.7. The number of carbonyl (C=O) groups is 2. The maximum absolute atomic E-state index is 12.1. The highest BCUT2D eigenvalue weighted by Gasteiger charge is 2.53. The van der Waals surface area contributed by atoms with Gasteiger partial charge in [-0.1, -0.05) is 0 Å². The molecule has 1 fully saturated rings. The molecule has 8 heteroatoms. The SMILES string of the molecule is CCOC(=O)C(C#N)=C[N+]1(C(=N)N)CC(C)(C)NC1=O. The summed E-state index contributed by atoms with van der Waals surface area (Å²) in [6, 6.07) is 1.12. The first-order chi connectivity index (χ1) is 9.18. The summed E-state index contributed by atoms with van der Waals surface area (Å²) in [5.41, 5.74) is 4.56. The van der Waals surface area contributed by atoms with Crippen LogP contribution in [0.5, 0.6) is 0 Å². The number of rotatable bonds is 3. The molecule has 1 atom stereocenters. The molecular weight excluding hydrogens is 262 g/mol. The van der Waals surface area contributed by atoms with E-state index in [0.717, 1.165) is 6.20 Å². The Bertz CT molecular complexity index is 532. The third-order valence-corrected chi connectivity index (χ3v) is 2.85. The third-order valence-electron chi connectivity index (χ3n) is 2.85. The highest BCUT2D eigenvalue weighted by Crippen LogP contribution is 2.25. The lowest BCUT2D eigenvalue weighted by Crippen LogP contribution is -2.54. The second kappa shape index (κ2) is 5.30. The van der Waals surface area contributed by atoms with Crippen molar-refractivity contribution >= 4 is 18.0 Å². The van der Waals surface area contributed by atoms with Crippen LogP contribution in [0.15, 0.2) is 11.8 Å². The van der Waals surface area contributed by atoms with Gasteiger partial charge in [-0.15, -0.1) is 4.48 Å². The molecule has 0 aliphatic carbocycles. The van der Waals surface area contributed by atoms with Gasteiger partial charge in [0.2, 0.25) is 0 Å².